The number of anilines is 1. The summed E-state index contributed by atoms with van der Waals surface area (Å²) in [6.07, 6.45) is 5.23. The van der Waals surface area contributed by atoms with Crippen molar-refractivity contribution in [2.45, 2.75) is 19.8 Å². The molecule has 2 aromatic rings. The van der Waals surface area contributed by atoms with Crippen LogP contribution in [0.25, 0.3) is 5.95 Å². The largest absolute Gasteiger partial charge is 0.395 e. The van der Waals surface area contributed by atoms with Crippen molar-refractivity contribution in [3.8, 4) is 5.95 Å². The summed E-state index contributed by atoms with van der Waals surface area (Å²) in [6.45, 7) is 4.96. The van der Waals surface area contributed by atoms with Crippen molar-refractivity contribution in [1.82, 2.24) is 19.5 Å². The Morgan fingerprint density at radius 2 is 1.86 bits per heavy atom. The predicted molar refractivity (Wildman–Crippen MR) is 79.6 cm³/mol. The van der Waals surface area contributed by atoms with E-state index in [1.807, 2.05) is 15.7 Å². The highest BCUT2D eigenvalue weighted by molar-refractivity contribution is 5.40. The third-order valence-corrected chi connectivity index (χ3v) is 3.09. The fourth-order valence-corrected chi connectivity index (χ4v) is 2.13. The maximum atomic E-state index is 9.11. The molecule has 7 heteroatoms. The number of rotatable bonds is 7. The molecule has 0 atom stereocenters. The van der Waals surface area contributed by atoms with Gasteiger partial charge in [0.2, 0.25) is 5.95 Å². The average Bonchev–Trinajstić information content (AvgIpc) is 2.97. The van der Waals surface area contributed by atoms with Crippen molar-refractivity contribution < 1.29 is 10.2 Å². The second-order valence-corrected chi connectivity index (χ2v) is 4.96. The first-order chi connectivity index (χ1) is 10.2. The van der Waals surface area contributed by atoms with Gasteiger partial charge in [0.15, 0.2) is 0 Å². The monoisotopic (exact) mass is 291 g/mol. The van der Waals surface area contributed by atoms with Gasteiger partial charge in [-0.2, -0.15) is 4.98 Å². The van der Waals surface area contributed by atoms with Crippen LogP contribution in [0.5, 0.6) is 0 Å². The van der Waals surface area contributed by atoms with Gasteiger partial charge >= 0.3 is 0 Å². The zero-order valence-corrected chi connectivity index (χ0v) is 12.3. The van der Waals surface area contributed by atoms with Crippen LogP contribution in [0.2, 0.25) is 0 Å². The highest BCUT2D eigenvalue weighted by atomic mass is 16.3. The van der Waals surface area contributed by atoms with Crippen LogP contribution >= 0.6 is 0 Å². The number of aromatic nitrogens is 4. The zero-order chi connectivity index (χ0) is 15.2. The predicted octanol–water partition coefficient (Wildman–Crippen LogP) is 0.577. The second-order valence-electron chi connectivity index (χ2n) is 4.96. The average molecular weight is 291 g/mol. The summed E-state index contributed by atoms with van der Waals surface area (Å²) in [6, 6.07) is 1.76. The highest BCUT2D eigenvalue weighted by Crippen LogP contribution is 2.17. The molecule has 2 N–H and O–H groups in total. The lowest BCUT2D eigenvalue weighted by molar-refractivity contribution is 0.280. The Hall–Kier alpha value is -1.99. The van der Waals surface area contributed by atoms with Crippen molar-refractivity contribution in [3.05, 3.63) is 30.5 Å². The lowest BCUT2D eigenvalue weighted by atomic mass is 10.2. The molecule has 0 amide bonds. The van der Waals surface area contributed by atoms with Crippen molar-refractivity contribution in [3.63, 3.8) is 0 Å². The topological polar surface area (TPSA) is 87.3 Å². The van der Waals surface area contributed by atoms with Crippen molar-refractivity contribution in [2.75, 3.05) is 31.2 Å². The zero-order valence-electron chi connectivity index (χ0n) is 12.3. The van der Waals surface area contributed by atoms with E-state index in [0.717, 1.165) is 5.82 Å². The molecule has 0 saturated carbocycles. The van der Waals surface area contributed by atoms with Crippen LogP contribution < -0.4 is 4.90 Å². The van der Waals surface area contributed by atoms with Crippen LogP contribution in [0.3, 0.4) is 0 Å². The van der Waals surface area contributed by atoms with Gasteiger partial charge in [-0.25, -0.2) is 9.97 Å². The van der Waals surface area contributed by atoms with E-state index in [0.29, 0.717) is 24.9 Å². The Labute approximate surface area is 123 Å². The number of imidazole rings is 1. The number of hydrogen-bond donors (Lipinski definition) is 2. The van der Waals surface area contributed by atoms with E-state index >= 15 is 0 Å². The van der Waals surface area contributed by atoms with Gasteiger partial charge in [0, 0.05) is 37.6 Å². The van der Waals surface area contributed by atoms with E-state index < -0.39 is 0 Å². The molecular weight excluding hydrogens is 270 g/mol. The molecule has 21 heavy (non-hydrogen) atoms. The third kappa shape index (κ3) is 3.56. The highest BCUT2D eigenvalue weighted by Gasteiger charge is 2.13. The fourth-order valence-electron chi connectivity index (χ4n) is 2.13. The molecule has 2 heterocycles. The lowest BCUT2D eigenvalue weighted by Crippen LogP contribution is -2.30. The molecule has 0 radical (unpaired) electrons. The Morgan fingerprint density at radius 1 is 1.14 bits per heavy atom. The van der Waals surface area contributed by atoms with Crippen LogP contribution in [0.15, 0.2) is 24.7 Å². The normalized spacial score (nSPS) is 11.1. The number of hydrogen-bond acceptors (Lipinski definition) is 6. The summed E-state index contributed by atoms with van der Waals surface area (Å²) in [5.41, 5.74) is 0. The van der Waals surface area contributed by atoms with Crippen LogP contribution in [-0.2, 0) is 0 Å². The molecule has 0 aromatic carbocycles. The summed E-state index contributed by atoms with van der Waals surface area (Å²) >= 11 is 0. The van der Waals surface area contributed by atoms with Crippen LogP contribution in [-0.4, -0.2) is 56.0 Å². The van der Waals surface area contributed by atoms with Gasteiger partial charge in [-0.05, 0) is 6.07 Å². The molecule has 0 saturated heterocycles. The SMILES string of the molecule is CC(C)c1nccn1-c1nccc(N(CCO)CCO)n1. The van der Waals surface area contributed by atoms with E-state index in [9.17, 15) is 0 Å². The first-order valence-electron chi connectivity index (χ1n) is 7.00. The van der Waals surface area contributed by atoms with Gasteiger partial charge in [-0.15, -0.1) is 0 Å². The van der Waals surface area contributed by atoms with Gasteiger partial charge < -0.3 is 15.1 Å². The van der Waals surface area contributed by atoms with Crippen molar-refractivity contribution in [2.24, 2.45) is 0 Å². The maximum Gasteiger partial charge on any atom is 0.237 e. The standard InChI is InChI=1S/C14H21N5O2/c1-11(2)13-15-5-6-19(13)14-16-4-3-12(17-14)18(7-9-20)8-10-21/h3-6,11,20-21H,7-10H2,1-2H3. The summed E-state index contributed by atoms with van der Waals surface area (Å²) in [5.74, 6) is 2.36. The molecule has 0 aliphatic carbocycles. The van der Waals surface area contributed by atoms with E-state index in [-0.39, 0.29) is 19.1 Å². The second kappa shape index (κ2) is 7.14. The summed E-state index contributed by atoms with van der Waals surface area (Å²) < 4.78 is 1.85. The van der Waals surface area contributed by atoms with E-state index in [2.05, 4.69) is 28.8 Å². The molecular formula is C14H21N5O2. The van der Waals surface area contributed by atoms with Crippen LogP contribution in [0, 0.1) is 0 Å². The molecule has 0 unspecified atom stereocenters. The summed E-state index contributed by atoms with van der Waals surface area (Å²) in [7, 11) is 0. The molecule has 2 aromatic heterocycles. The molecule has 114 valence electrons. The lowest BCUT2D eigenvalue weighted by Gasteiger charge is -2.22. The minimum atomic E-state index is 0.00164. The van der Waals surface area contributed by atoms with Crippen molar-refractivity contribution in [1.29, 1.82) is 0 Å². The Balaban J connectivity index is 2.34. The van der Waals surface area contributed by atoms with E-state index in [1.165, 1.54) is 0 Å². The van der Waals surface area contributed by atoms with E-state index in [1.54, 1.807) is 18.5 Å². The van der Waals surface area contributed by atoms with Gasteiger partial charge in [-0.3, -0.25) is 4.57 Å². The van der Waals surface area contributed by atoms with Gasteiger partial charge in [0.25, 0.3) is 0 Å². The van der Waals surface area contributed by atoms with Gasteiger partial charge in [-0.1, -0.05) is 13.8 Å². The van der Waals surface area contributed by atoms with Crippen LogP contribution in [0.4, 0.5) is 5.82 Å². The molecule has 0 aliphatic heterocycles. The summed E-state index contributed by atoms with van der Waals surface area (Å²) in [4.78, 5) is 14.9. The minimum Gasteiger partial charge on any atom is -0.395 e. The Bertz CT molecular complexity index is 564. The number of aliphatic hydroxyl groups excluding tert-OH is 2. The molecule has 0 fully saturated rings. The molecule has 2 rings (SSSR count). The maximum absolute atomic E-state index is 9.11. The van der Waals surface area contributed by atoms with Gasteiger partial charge in [0.1, 0.15) is 11.6 Å². The Morgan fingerprint density at radius 3 is 2.48 bits per heavy atom. The smallest absolute Gasteiger partial charge is 0.237 e. The molecule has 7 nitrogen and oxygen atoms in total. The fraction of sp³-hybridized carbons (Fsp3) is 0.500. The molecule has 0 spiro atoms. The van der Waals surface area contributed by atoms with Crippen LogP contribution in [0.1, 0.15) is 25.6 Å². The van der Waals surface area contributed by atoms with E-state index in [4.69, 9.17) is 10.2 Å². The quantitative estimate of drug-likeness (QED) is 0.776. The molecule has 0 aliphatic rings. The summed E-state index contributed by atoms with van der Waals surface area (Å²) in [5, 5.41) is 18.2. The molecule has 0 bridgehead atoms. The van der Waals surface area contributed by atoms with Gasteiger partial charge in [0.05, 0.1) is 13.2 Å². The number of aliphatic hydroxyl groups is 2. The first-order valence-corrected chi connectivity index (χ1v) is 7.00. The first kappa shape index (κ1) is 15.4. The minimum absolute atomic E-state index is 0.00164. The van der Waals surface area contributed by atoms with Crippen molar-refractivity contribution >= 4 is 5.82 Å². The Kier molecular flexibility index (Phi) is 5.24. The number of nitrogens with zero attached hydrogens (tertiary/aromatic N) is 5. The third-order valence-electron chi connectivity index (χ3n) is 3.09.